The second-order valence-corrected chi connectivity index (χ2v) is 3.46. The third-order valence-electron chi connectivity index (χ3n) is 1.97. The number of phenols is 1. The van der Waals surface area contributed by atoms with Gasteiger partial charge < -0.3 is 16.2 Å². The molecule has 16 heavy (non-hydrogen) atoms. The quantitative estimate of drug-likeness (QED) is 0.550. The van der Waals surface area contributed by atoms with Crippen LogP contribution in [-0.2, 0) is 0 Å². The van der Waals surface area contributed by atoms with Gasteiger partial charge in [0, 0.05) is 5.69 Å². The van der Waals surface area contributed by atoms with Crippen molar-refractivity contribution in [1.29, 1.82) is 0 Å². The molecule has 0 unspecified atom stereocenters. The molecule has 0 atom stereocenters. The van der Waals surface area contributed by atoms with E-state index >= 15 is 0 Å². The minimum atomic E-state index is 0.194. The van der Waals surface area contributed by atoms with Crippen molar-refractivity contribution in [3.63, 3.8) is 0 Å². The van der Waals surface area contributed by atoms with E-state index in [1.807, 2.05) is 0 Å². The lowest BCUT2D eigenvalue weighted by atomic mass is 10.3. The maximum atomic E-state index is 9.12. The highest BCUT2D eigenvalue weighted by Crippen LogP contribution is 2.25. The minimum Gasteiger partial charge on any atom is -0.508 e. The Morgan fingerprint density at radius 1 is 1.19 bits per heavy atom. The number of halogens is 1. The average Bonchev–Trinajstić information content (AvgIpc) is 2.28. The van der Waals surface area contributed by atoms with Crippen LogP contribution in [0.3, 0.4) is 0 Å². The van der Waals surface area contributed by atoms with Gasteiger partial charge >= 0.3 is 0 Å². The van der Waals surface area contributed by atoms with Crippen molar-refractivity contribution in [2.24, 2.45) is 0 Å². The Morgan fingerprint density at radius 3 is 2.56 bits per heavy atom. The van der Waals surface area contributed by atoms with Gasteiger partial charge in [0.25, 0.3) is 0 Å². The molecule has 0 aliphatic carbocycles. The zero-order valence-electron chi connectivity index (χ0n) is 8.18. The topological polar surface area (TPSA) is 84.1 Å². The summed E-state index contributed by atoms with van der Waals surface area (Å²) in [6.45, 7) is 0. The van der Waals surface area contributed by atoms with Gasteiger partial charge in [-0.15, -0.1) is 0 Å². The van der Waals surface area contributed by atoms with Crippen molar-refractivity contribution < 1.29 is 5.11 Å². The van der Waals surface area contributed by atoms with Gasteiger partial charge in [-0.25, -0.2) is 9.97 Å². The van der Waals surface area contributed by atoms with E-state index in [0.29, 0.717) is 5.82 Å². The third kappa shape index (κ3) is 2.14. The van der Waals surface area contributed by atoms with Gasteiger partial charge in [0.2, 0.25) is 0 Å². The van der Waals surface area contributed by atoms with Crippen LogP contribution < -0.4 is 11.1 Å². The summed E-state index contributed by atoms with van der Waals surface area (Å²) in [6, 6.07) is 6.51. The predicted molar refractivity (Wildman–Crippen MR) is 62.8 cm³/mol. The SMILES string of the molecule is Nc1c(Cl)ncnc1Nc1ccc(O)cc1. The molecule has 2 rings (SSSR count). The Labute approximate surface area is 96.9 Å². The molecule has 0 radical (unpaired) electrons. The molecule has 0 aliphatic rings. The van der Waals surface area contributed by atoms with Gasteiger partial charge in [-0.2, -0.15) is 0 Å². The smallest absolute Gasteiger partial charge is 0.158 e. The lowest BCUT2D eigenvalue weighted by Crippen LogP contribution is -2.00. The van der Waals surface area contributed by atoms with E-state index in [1.165, 1.54) is 6.33 Å². The molecule has 4 N–H and O–H groups in total. The fourth-order valence-electron chi connectivity index (χ4n) is 1.16. The number of nitrogen functional groups attached to an aromatic ring is 1. The molecule has 6 heteroatoms. The Kier molecular flexibility index (Phi) is 2.78. The fraction of sp³-hybridized carbons (Fsp3) is 0. The molecule has 0 bridgehead atoms. The van der Waals surface area contributed by atoms with Crippen molar-refractivity contribution in [2.75, 3.05) is 11.1 Å². The molecule has 2 aromatic rings. The number of phenolic OH excluding ortho intramolecular Hbond substituents is 1. The molecule has 82 valence electrons. The zero-order chi connectivity index (χ0) is 11.5. The van der Waals surface area contributed by atoms with Crippen LogP contribution in [0.25, 0.3) is 0 Å². The minimum absolute atomic E-state index is 0.194. The summed E-state index contributed by atoms with van der Waals surface area (Å²) in [7, 11) is 0. The molecule has 1 aromatic carbocycles. The van der Waals surface area contributed by atoms with Gasteiger partial charge in [-0.3, -0.25) is 0 Å². The van der Waals surface area contributed by atoms with Crippen LogP contribution in [0.5, 0.6) is 5.75 Å². The van der Waals surface area contributed by atoms with Gasteiger partial charge in [0.1, 0.15) is 17.8 Å². The van der Waals surface area contributed by atoms with Crippen LogP contribution in [0, 0.1) is 0 Å². The Hall–Kier alpha value is -2.01. The number of rotatable bonds is 2. The Balaban J connectivity index is 2.27. The molecule has 1 aromatic heterocycles. The predicted octanol–water partition coefficient (Wildman–Crippen LogP) is 2.16. The van der Waals surface area contributed by atoms with Crippen molar-refractivity contribution >= 4 is 28.8 Å². The van der Waals surface area contributed by atoms with Crippen LogP contribution in [-0.4, -0.2) is 15.1 Å². The van der Waals surface area contributed by atoms with E-state index in [9.17, 15) is 0 Å². The highest BCUT2D eigenvalue weighted by molar-refractivity contribution is 6.32. The molecular weight excluding hydrogens is 228 g/mol. The second kappa shape index (κ2) is 4.24. The van der Waals surface area contributed by atoms with Crippen LogP contribution in [0.4, 0.5) is 17.2 Å². The highest BCUT2D eigenvalue weighted by atomic mass is 35.5. The molecule has 0 saturated heterocycles. The number of anilines is 3. The maximum absolute atomic E-state index is 9.12. The number of nitrogens with two attached hydrogens (primary N) is 1. The average molecular weight is 237 g/mol. The summed E-state index contributed by atoms with van der Waals surface area (Å²) >= 11 is 5.75. The molecule has 0 spiro atoms. The number of nitrogens with zero attached hydrogens (tertiary/aromatic N) is 2. The van der Waals surface area contributed by atoms with Gasteiger partial charge in [-0.05, 0) is 24.3 Å². The van der Waals surface area contributed by atoms with Crippen LogP contribution in [0.2, 0.25) is 5.15 Å². The van der Waals surface area contributed by atoms with E-state index in [1.54, 1.807) is 24.3 Å². The number of hydrogen-bond acceptors (Lipinski definition) is 5. The summed E-state index contributed by atoms with van der Waals surface area (Å²) in [5, 5.41) is 12.3. The fourth-order valence-corrected chi connectivity index (χ4v) is 1.29. The standard InChI is InChI=1S/C10H9ClN4O/c11-9-8(12)10(14-5-13-9)15-6-1-3-7(16)4-2-6/h1-5,16H,12H2,(H,13,14,15). The first-order valence-electron chi connectivity index (χ1n) is 4.49. The molecule has 0 saturated carbocycles. The molecule has 1 heterocycles. The Morgan fingerprint density at radius 2 is 1.88 bits per heavy atom. The maximum Gasteiger partial charge on any atom is 0.158 e. The van der Waals surface area contributed by atoms with Crippen LogP contribution in [0.15, 0.2) is 30.6 Å². The Bertz CT molecular complexity index is 501. The first kappa shape index (κ1) is 10.5. The molecule has 0 fully saturated rings. The van der Waals surface area contributed by atoms with Crippen molar-refractivity contribution in [3.8, 4) is 5.75 Å². The first-order chi connectivity index (χ1) is 7.66. The number of nitrogens with one attached hydrogen (secondary N) is 1. The van der Waals surface area contributed by atoms with Crippen molar-refractivity contribution in [1.82, 2.24) is 9.97 Å². The second-order valence-electron chi connectivity index (χ2n) is 3.10. The first-order valence-corrected chi connectivity index (χ1v) is 4.86. The molecule has 0 aliphatic heterocycles. The van der Waals surface area contributed by atoms with E-state index < -0.39 is 0 Å². The zero-order valence-corrected chi connectivity index (χ0v) is 8.94. The van der Waals surface area contributed by atoms with E-state index in [4.69, 9.17) is 22.4 Å². The largest absolute Gasteiger partial charge is 0.508 e. The monoisotopic (exact) mass is 236 g/mol. The van der Waals surface area contributed by atoms with E-state index in [-0.39, 0.29) is 16.6 Å². The number of hydrogen-bond donors (Lipinski definition) is 3. The van der Waals surface area contributed by atoms with Gasteiger partial charge in [-0.1, -0.05) is 11.6 Å². The van der Waals surface area contributed by atoms with Gasteiger partial charge in [0.15, 0.2) is 11.0 Å². The molecule has 5 nitrogen and oxygen atoms in total. The summed E-state index contributed by atoms with van der Waals surface area (Å²) in [4.78, 5) is 7.71. The summed E-state index contributed by atoms with van der Waals surface area (Å²) in [6.07, 6.45) is 1.32. The van der Waals surface area contributed by atoms with Crippen molar-refractivity contribution in [3.05, 3.63) is 35.7 Å². The lowest BCUT2D eigenvalue weighted by molar-refractivity contribution is 0.475. The summed E-state index contributed by atoms with van der Waals surface area (Å²) in [5.41, 5.74) is 6.73. The summed E-state index contributed by atoms with van der Waals surface area (Å²) < 4.78 is 0. The van der Waals surface area contributed by atoms with Gasteiger partial charge in [0.05, 0.1) is 0 Å². The number of aromatic hydroxyl groups is 1. The molecular formula is C10H9ClN4O. The van der Waals surface area contributed by atoms with Crippen LogP contribution >= 0.6 is 11.6 Å². The van der Waals surface area contributed by atoms with Crippen LogP contribution in [0.1, 0.15) is 0 Å². The number of benzene rings is 1. The van der Waals surface area contributed by atoms with Crippen molar-refractivity contribution in [2.45, 2.75) is 0 Å². The molecule has 0 amide bonds. The highest BCUT2D eigenvalue weighted by Gasteiger charge is 2.05. The lowest BCUT2D eigenvalue weighted by Gasteiger charge is -2.08. The van der Waals surface area contributed by atoms with E-state index in [0.717, 1.165) is 5.69 Å². The number of aromatic nitrogens is 2. The summed E-state index contributed by atoms with van der Waals surface area (Å²) in [5.74, 6) is 0.630. The normalized spacial score (nSPS) is 10.1. The van der Waals surface area contributed by atoms with E-state index in [2.05, 4.69) is 15.3 Å². The third-order valence-corrected chi connectivity index (χ3v) is 2.27.